The zero-order valence-corrected chi connectivity index (χ0v) is 10.2. The van der Waals surface area contributed by atoms with Crippen molar-refractivity contribution in [1.82, 2.24) is 20.5 Å². The van der Waals surface area contributed by atoms with E-state index in [-0.39, 0.29) is 11.9 Å². The molecule has 2 heterocycles. The van der Waals surface area contributed by atoms with Crippen molar-refractivity contribution in [2.24, 2.45) is 0 Å². The maximum Gasteiger partial charge on any atom is 0.141 e. The molecule has 0 saturated heterocycles. The number of aromatic nitrogens is 3. The van der Waals surface area contributed by atoms with Crippen molar-refractivity contribution in [1.29, 1.82) is 0 Å². The van der Waals surface area contributed by atoms with Crippen LogP contribution in [0.2, 0.25) is 0 Å². The predicted octanol–water partition coefficient (Wildman–Crippen LogP) is 2.25. The molecule has 0 saturated carbocycles. The molecule has 4 nitrogen and oxygen atoms in total. The van der Waals surface area contributed by atoms with E-state index in [0.29, 0.717) is 6.54 Å². The molecular weight excluding hydrogens is 231 g/mol. The maximum absolute atomic E-state index is 12.8. The van der Waals surface area contributed by atoms with Gasteiger partial charge in [-0.15, -0.1) is 0 Å². The second-order valence-electron chi connectivity index (χ2n) is 3.96. The van der Waals surface area contributed by atoms with Crippen LogP contribution < -0.4 is 5.32 Å². The van der Waals surface area contributed by atoms with Crippen LogP contribution in [0.1, 0.15) is 30.8 Å². The van der Waals surface area contributed by atoms with E-state index >= 15 is 0 Å². The molecular formula is C13H15FN4. The molecule has 2 aromatic rings. The summed E-state index contributed by atoms with van der Waals surface area (Å²) in [7, 11) is 0. The fraction of sp³-hybridized carbons (Fsp3) is 0.308. The van der Waals surface area contributed by atoms with Crippen molar-refractivity contribution in [2.75, 3.05) is 0 Å². The maximum atomic E-state index is 12.8. The van der Waals surface area contributed by atoms with Gasteiger partial charge in [0.15, 0.2) is 0 Å². The van der Waals surface area contributed by atoms with Crippen LogP contribution in [0.4, 0.5) is 4.39 Å². The van der Waals surface area contributed by atoms with Gasteiger partial charge in [0, 0.05) is 18.8 Å². The number of nitrogens with one attached hydrogen (secondary N) is 1. The molecule has 0 aliphatic carbocycles. The van der Waals surface area contributed by atoms with Gasteiger partial charge in [-0.05, 0) is 30.7 Å². The lowest BCUT2D eigenvalue weighted by Crippen LogP contribution is -2.21. The quantitative estimate of drug-likeness (QED) is 0.879. The molecule has 0 aliphatic rings. The van der Waals surface area contributed by atoms with E-state index in [1.807, 2.05) is 12.1 Å². The highest BCUT2D eigenvalue weighted by Gasteiger charge is 2.10. The molecule has 1 N–H and O–H groups in total. The Hall–Kier alpha value is -1.88. The van der Waals surface area contributed by atoms with Crippen LogP contribution in [0.5, 0.6) is 0 Å². The molecule has 1 atom stereocenters. The van der Waals surface area contributed by atoms with E-state index in [9.17, 15) is 4.39 Å². The minimum atomic E-state index is -0.317. The zero-order chi connectivity index (χ0) is 12.8. The monoisotopic (exact) mass is 246 g/mol. The Labute approximate surface area is 105 Å². The normalized spacial score (nSPS) is 12.3. The van der Waals surface area contributed by atoms with Gasteiger partial charge >= 0.3 is 0 Å². The molecule has 0 bridgehead atoms. The molecule has 0 spiro atoms. The molecule has 94 valence electrons. The van der Waals surface area contributed by atoms with Crippen molar-refractivity contribution in [2.45, 2.75) is 25.9 Å². The first kappa shape index (κ1) is 12.6. The summed E-state index contributed by atoms with van der Waals surface area (Å²) < 4.78 is 12.8. The van der Waals surface area contributed by atoms with Crippen LogP contribution in [0.25, 0.3) is 0 Å². The van der Waals surface area contributed by atoms with Crippen LogP contribution in [0.3, 0.4) is 0 Å². The highest BCUT2D eigenvalue weighted by atomic mass is 19.1. The number of nitrogens with zero attached hydrogens (tertiary/aromatic N) is 3. The Morgan fingerprint density at radius 3 is 2.83 bits per heavy atom. The summed E-state index contributed by atoms with van der Waals surface area (Å²) in [6.07, 6.45) is 3.75. The molecule has 0 fully saturated rings. The van der Waals surface area contributed by atoms with Gasteiger partial charge in [-0.25, -0.2) is 4.39 Å². The fourth-order valence-corrected chi connectivity index (χ4v) is 1.71. The molecule has 0 radical (unpaired) electrons. The molecule has 2 rings (SSSR count). The third kappa shape index (κ3) is 3.30. The lowest BCUT2D eigenvalue weighted by molar-refractivity contribution is 0.498. The number of pyridine rings is 1. The Morgan fingerprint density at radius 2 is 2.22 bits per heavy atom. The summed E-state index contributed by atoms with van der Waals surface area (Å²) in [5.74, 6) is -0.317. The van der Waals surface area contributed by atoms with E-state index in [2.05, 4.69) is 27.4 Å². The molecule has 0 amide bonds. The van der Waals surface area contributed by atoms with Crippen LogP contribution in [0, 0.1) is 5.82 Å². The standard InChI is InChI=1S/C13H15FN4/c1-2-12(13-6-5-10(14)8-15-13)16-9-11-4-3-7-17-18-11/h3-8,12,16H,2,9H2,1H3. The Kier molecular flexibility index (Phi) is 4.30. The van der Waals surface area contributed by atoms with Crippen molar-refractivity contribution >= 4 is 0 Å². The first-order valence-electron chi connectivity index (χ1n) is 5.91. The van der Waals surface area contributed by atoms with Gasteiger partial charge in [0.2, 0.25) is 0 Å². The highest BCUT2D eigenvalue weighted by molar-refractivity contribution is 5.10. The van der Waals surface area contributed by atoms with Crippen molar-refractivity contribution < 1.29 is 4.39 Å². The van der Waals surface area contributed by atoms with Crippen molar-refractivity contribution in [3.05, 3.63) is 53.9 Å². The van der Waals surface area contributed by atoms with Crippen molar-refractivity contribution in [3.8, 4) is 0 Å². The average molecular weight is 246 g/mol. The minimum absolute atomic E-state index is 0.0904. The molecule has 2 aromatic heterocycles. The summed E-state index contributed by atoms with van der Waals surface area (Å²) in [5.41, 5.74) is 1.71. The third-order valence-electron chi connectivity index (χ3n) is 2.67. The van der Waals surface area contributed by atoms with Crippen LogP contribution in [-0.2, 0) is 6.54 Å². The highest BCUT2D eigenvalue weighted by Crippen LogP contribution is 2.14. The summed E-state index contributed by atoms with van der Waals surface area (Å²) in [6, 6.07) is 6.97. The number of halogens is 1. The van der Waals surface area contributed by atoms with E-state index in [0.717, 1.165) is 17.8 Å². The van der Waals surface area contributed by atoms with E-state index < -0.39 is 0 Å². The summed E-state index contributed by atoms with van der Waals surface area (Å²) in [6.45, 7) is 2.67. The molecule has 5 heteroatoms. The van der Waals surface area contributed by atoms with Crippen LogP contribution >= 0.6 is 0 Å². The average Bonchev–Trinajstić information content (AvgIpc) is 2.42. The first-order valence-corrected chi connectivity index (χ1v) is 5.91. The molecule has 1 unspecified atom stereocenters. The smallest absolute Gasteiger partial charge is 0.141 e. The van der Waals surface area contributed by atoms with Gasteiger partial charge in [0.25, 0.3) is 0 Å². The lowest BCUT2D eigenvalue weighted by Gasteiger charge is -2.15. The summed E-state index contributed by atoms with van der Waals surface area (Å²) >= 11 is 0. The van der Waals surface area contributed by atoms with Crippen molar-refractivity contribution in [3.63, 3.8) is 0 Å². The van der Waals surface area contributed by atoms with Gasteiger partial charge in [-0.1, -0.05) is 6.92 Å². The topological polar surface area (TPSA) is 50.7 Å². The van der Waals surface area contributed by atoms with Crippen LogP contribution in [-0.4, -0.2) is 15.2 Å². The fourth-order valence-electron chi connectivity index (χ4n) is 1.71. The number of hydrogen-bond donors (Lipinski definition) is 1. The Balaban J connectivity index is 1.99. The second-order valence-corrected chi connectivity index (χ2v) is 3.96. The van der Waals surface area contributed by atoms with E-state index in [1.165, 1.54) is 12.3 Å². The SMILES string of the molecule is CCC(NCc1cccnn1)c1ccc(F)cn1. The number of hydrogen-bond acceptors (Lipinski definition) is 4. The predicted molar refractivity (Wildman–Crippen MR) is 66.1 cm³/mol. The first-order chi connectivity index (χ1) is 8.79. The lowest BCUT2D eigenvalue weighted by atomic mass is 10.1. The third-order valence-corrected chi connectivity index (χ3v) is 2.67. The second kappa shape index (κ2) is 6.16. The molecule has 18 heavy (non-hydrogen) atoms. The Bertz CT molecular complexity index is 472. The largest absolute Gasteiger partial charge is 0.303 e. The van der Waals surface area contributed by atoms with Gasteiger partial charge in [0.05, 0.1) is 17.6 Å². The molecule has 0 aromatic carbocycles. The summed E-state index contributed by atoms with van der Waals surface area (Å²) in [5, 5.41) is 11.2. The van der Waals surface area contributed by atoms with Crippen LogP contribution in [0.15, 0.2) is 36.7 Å². The van der Waals surface area contributed by atoms with E-state index in [4.69, 9.17) is 0 Å². The number of rotatable bonds is 5. The summed E-state index contributed by atoms with van der Waals surface area (Å²) in [4.78, 5) is 4.09. The minimum Gasteiger partial charge on any atom is -0.303 e. The molecule has 0 aliphatic heterocycles. The van der Waals surface area contributed by atoms with Gasteiger partial charge in [0.1, 0.15) is 5.82 Å². The van der Waals surface area contributed by atoms with Gasteiger partial charge in [-0.3, -0.25) is 4.98 Å². The van der Waals surface area contributed by atoms with Gasteiger partial charge < -0.3 is 5.32 Å². The van der Waals surface area contributed by atoms with E-state index in [1.54, 1.807) is 12.3 Å². The zero-order valence-electron chi connectivity index (χ0n) is 10.2. The van der Waals surface area contributed by atoms with Gasteiger partial charge in [-0.2, -0.15) is 10.2 Å². The Morgan fingerprint density at radius 1 is 1.33 bits per heavy atom.